The summed E-state index contributed by atoms with van der Waals surface area (Å²) in [7, 11) is 3.36. The van der Waals surface area contributed by atoms with Crippen LogP contribution >= 0.6 is 0 Å². The molecule has 0 aliphatic heterocycles. The third kappa shape index (κ3) is 5.01. The van der Waals surface area contributed by atoms with Gasteiger partial charge in [0.15, 0.2) is 5.82 Å². The average Bonchev–Trinajstić information content (AvgIpc) is 3.02. The molecule has 0 aliphatic carbocycles. The van der Waals surface area contributed by atoms with E-state index in [4.69, 9.17) is 0 Å². The number of hydrogen-bond acceptors (Lipinski definition) is 5. The molecule has 2 aromatic rings. The number of aromatic nitrogens is 4. The van der Waals surface area contributed by atoms with E-state index in [1.54, 1.807) is 14.1 Å². The molecule has 1 aromatic carbocycles. The molecule has 0 saturated heterocycles. The van der Waals surface area contributed by atoms with Crippen molar-refractivity contribution >= 4 is 5.91 Å². The highest BCUT2D eigenvalue weighted by Crippen LogP contribution is 2.29. The van der Waals surface area contributed by atoms with Crippen molar-refractivity contribution in [3.8, 4) is 5.69 Å². The van der Waals surface area contributed by atoms with Crippen LogP contribution in [0.15, 0.2) is 24.3 Å². The normalized spacial score (nSPS) is 11.8. The number of benzene rings is 1. The Bertz CT molecular complexity index is 726. The summed E-state index contributed by atoms with van der Waals surface area (Å²) in [6.45, 7) is 3.17. The fraction of sp³-hybridized carbons (Fsp3) is 0.500. The first-order valence-electron chi connectivity index (χ1n) is 8.09. The van der Waals surface area contributed by atoms with Gasteiger partial charge in [0.1, 0.15) is 0 Å². The molecule has 0 N–H and O–H groups in total. The number of halogens is 3. The summed E-state index contributed by atoms with van der Waals surface area (Å²) in [5, 5.41) is 11.4. The number of amides is 1. The summed E-state index contributed by atoms with van der Waals surface area (Å²) in [6, 6.07) is 4.61. The van der Waals surface area contributed by atoms with Crippen molar-refractivity contribution < 1.29 is 18.0 Å². The van der Waals surface area contributed by atoms with E-state index >= 15 is 0 Å². The Morgan fingerprint density at radius 1 is 1.19 bits per heavy atom. The Kier molecular flexibility index (Phi) is 6.30. The van der Waals surface area contributed by atoms with Gasteiger partial charge in [-0.3, -0.25) is 9.69 Å². The molecule has 26 heavy (non-hydrogen) atoms. The van der Waals surface area contributed by atoms with Crippen LogP contribution in [0.3, 0.4) is 0 Å². The molecule has 142 valence electrons. The number of carbonyl (C=O) groups excluding carboxylic acids is 1. The zero-order chi connectivity index (χ0) is 19.3. The van der Waals surface area contributed by atoms with E-state index in [-0.39, 0.29) is 12.5 Å². The molecule has 0 fully saturated rings. The molecule has 10 heteroatoms. The van der Waals surface area contributed by atoms with Gasteiger partial charge in [0.05, 0.1) is 24.3 Å². The first kappa shape index (κ1) is 19.8. The fourth-order valence-corrected chi connectivity index (χ4v) is 2.36. The van der Waals surface area contributed by atoms with Crippen molar-refractivity contribution in [1.82, 2.24) is 30.0 Å². The van der Waals surface area contributed by atoms with Crippen LogP contribution in [0.5, 0.6) is 0 Å². The van der Waals surface area contributed by atoms with Crippen molar-refractivity contribution in [3.05, 3.63) is 35.7 Å². The smallest absolute Gasteiger partial charge is 0.348 e. The Balaban J connectivity index is 2.19. The second-order valence-electron chi connectivity index (χ2n) is 6.05. The van der Waals surface area contributed by atoms with Crippen LogP contribution in [-0.4, -0.2) is 63.1 Å². The minimum Gasteiger partial charge on any atom is -0.348 e. The quantitative estimate of drug-likeness (QED) is 0.746. The van der Waals surface area contributed by atoms with E-state index in [2.05, 4.69) is 15.5 Å². The fourth-order valence-electron chi connectivity index (χ4n) is 2.36. The summed E-state index contributed by atoms with van der Waals surface area (Å²) in [5.41, 5.74) is -0.312. The summed E-state index contributed by atoms with van der Waals surface area (Å²) in [4.78, 5) is 15.4. The predicted octanol–water partition coefficient (Wildman–Crippen LogP) is 1.98. The Morgan fingerprint density at radius 2 is 1.85 bits per heavy atom. The van der Waals surface area contributed by atoms with Gasteiger partial charge in [0, 0.05) is 14.1 Å². The monoisotopic (exact) mass is 370 g/mol. The minimum atomic E-state index is -4.40. The Hall–Kier alpha value is -2.49. The van der Waals surface area contributed by atoms with E-state index in [0.29, 0.717) is 24.6 Å². The van der Waals surface area contributed by atoms with Gasteiger partial charge in [-0.1, -0.05) is 6.92 Å². The number of rotatable bonds is 7. The first-order chi connectivity index (χ1) is 12.2. The van der Waals surface area contributed by atoms with E-state index in [9.17, 15) is 18.0 Å². The first-order valence-corrected chi connectivity index (χ1v) is 8.09. The zero-order valence-electron chi connectivity index (χ0n) is 14.9. The lowest BCUT2D eigenvalue weighted by Gasteiger charge is -2.22. The van der Waals surface area contributed by atoms with Crippen LogP contribution in [0.25, 0.3) is 5.69 Å². The molecular weight excluding hydrogens is 349 g/mol. The van der Waals surface area contributed by atoms with Crippen LogP contribution in [-0.2, 0) is 17.5 Å². The second-order valence-corrected chi connectivity index (χ2v) is 6.05. The molecule has 1 heterocycles. The van der Waals surface area contributed by atoms with Gasteiger partial charge in [0.25, 0.3) is 0 Å². The molecule has 0 aliphatic rings. The number of hydrogen-bond donors (Lipinski definition) is 0. The highest BCUT2D eigenvalue weighted by molar-refractivity contribution is 5.77. The molecule has 0 spiro atoms. The lowest BCUT2D eigenvalue weighted by Crippen LogP contribution is -2.37. The van der Waals surface area contributed by atoms with Gasteiger partial charge in [-0.05, 0) is 47.7 Å². The molecule has 0 atom stereocenters. The number of alkyl halides is 3. The van der Waals surface area contributed by atoms with Crippen molar-refractivity contribution in [2.24, 2.45) is 0 Å². The van der Waals surface area contributed by atoms with E-state index in [1.165, 1.54) is 21.7 Å². The lowest BCUT2D eigenvalue weighted by molar-refractivity contribution is -0.137. The number of likely N-dealkylation sites (N-methyl/N-ethyl adjacent to an activating group) is 1. The van der Waals surface area contributed by atoms with Gasteiger partial charge in [-0.25, -0.2) is 0 Å². The minimum absolute atomic E-state index is 0.0491. The molecule has 0 unspecified atom stereocenters. The number of tetrazole rings is 1. The molecule has 0 radical (unpaired) electrons. The lowest BCUT2D eigenvalue weighted by atomic mass is 10.2. The molecule has 7 nitrogen and oxygen atoms in total. The highest BCUT2D eigenvalue weighted by Gasteiger charge is 2.30. The molecule has 1 aromatic heterocycles. The summed E-state index contributed by atoms with van der Waals surface area (Å²) < 4.78 is 39.5. The van der Waals surface area contributed by atoms with Gasteiger partial charge < -0.3 is 4.90 Å². The van der Waals surface area contributed by atoms with Crippen LogP contribution < -0.4 is 0 Å². The van der Waals surface area contributed by atoms with E-state index in [1.807, 2.05) is 11.8 Å². The molecule has 2 rings (SSSR count). The number of nitrogens with zero attached hydrogens (tertiary/aromatic N) is 6. The second kappa shape index (κ2) is 8.26. The van der Waals surface area contributed by atoms with Gasteiger partial charge >= 0.3 is 6.18 Å². The van der Waals surface area contributed by atoms with Crippen molar-refractivity contribution in [1.29, 1.82) is 0 Å². The van der Waals surface area contributed by atoms with Gasteiger partial charge in [-0.15, -0.1) is 5.10 Å². The molecule has 0 bridgehead atoms. The van der Waals surface area contributed by atoms with Gasteiger partial charge in [-0.2, -0.15) is 17.9 Å². The van der Waals surface area contributed by atoms with Crippen molar-refractivity contribution in [2.75, 3.05) is 27.2 Å². The molecule has 0 saturated carbocycles. The summed E-state index contributed by atoms with van der Waals surface area (Å²) >= 11 is 0. The number of carbonyl (C=O) groups is 1. The Morgan fingerprint density at radius 3 is 2.38 bits per heavy atom. The topological polar surface area (TPSA) is 67.2 Å². The van der Waals surface area contributed by atoms with E-state index < -0.39 is 11.7 Å². The average molecular weight is 370 g/mol. The van der Waals surface area contributed by atoms with Crippen LogP contribution in [0.2, 0.25) is 0 Å². The van der Waals surface area contributed by atoms with Crippen molar-refractivity contribution in [3.63, 3.8) is 0 Å². The van der Waals surface area contributed by atoms with Crippen LogP contribution in [0.1, 0.15) is 24.7 Å². The molecular formula is C16H21F3N6O. The van der Waals surface area contributed by atoms with Crippen LogP contribution in [0.4, 0.5) is 13.2 Å². The predicted molar refractivity (Wildman–Crippen MR) is 88.4 cm³/mol. The largest absolute Gasteiger partial charge is 0.416 e. The summed E-state index contributed by atoms with van der Waals surface area (Å²) in [6.07, 6.45) is -3.56. The zero-order valence-corrected chi connectivity index (χ0v) is 14.9. The van der Waals surface area contributed by atoms with E-state index in [0.717, 1.165) is 18.6 Å². The highest BCUT2D eigenvalue weighted by atomic mass is 19.4. The SMILES string of the molecule is CCCN(CC(=O)N(C)C)Cc1nnnn1-c1ccc(C(F)(F)F)cc1. The maximum Gasteiger partial charge on any atom is 0.416 e. The maximum absolute atomic E-state index is 12.7. The standard InChI is InChI=1S/C16H21F3N6O/c1-4-9-24(11-15(26)23(2)3)10-14-20-21-22-25(14)13-7-5-12(6-8-13)16(17,18)19/h5-8H,4,9-11H2,1-3H3. The third-order valence-electron chi connectivity index (χ3n) is 3.74. The van der Waals surface area contributed by atoms with Crippen molar-refractivity contribution in [2.45, 2.75) is 26.1 Å². The van der Waals surface area contributed by atoms with Crippen LogP contribution in [0, 0.1) is 0 Å². The Labute approximate surface area is 149 Å². The van der Waals surface area contributed by atoms with Gasteiger partial charge in [0.2, 0.25) is 5.91 Å². The third-order valence-corrected chi connectivity index (χ3v) is 3.74. The summed E-state index contributed by atoms with van der Waals surface area (Å²) in [5.74, 6) is 0.400. The maximum atomic E-state index is 12.7. The molecule has 1 amide bonds.